The zero-order valence-corrected chi connectivity index (χ0v) is 20.2. The van der Waals surface area contributed by atoms with Crippen molar-refractivity contribution in [3.05, 3.63) is 100 Å². The number of hydrogen-bond acceptors (Lipinski definition) is 5. The molecule has 0 aliphatic carbocycles. The smallest absolute Gasteiger partial charge is 0.293 e. The highest BCUT2D eigenvalue weighted by molar-refractivity contribution is 8.18. The molecule has 1 heterocycles. The average Bonchev–Trinajstić information content (AvgIpc) is 3.13. The first-order valence-corrected chi connectivity index (χ1v) is 12.2. The number of nitrogens with zero attached hydrogens (tertiary/aromatic N) is 1. The topological polar surface area (TPSA) is 75.7 Å². The molecular weight excluding hydrogens is 460 g/mol. The molecule has 178 valence electrons. The Morgan fingerprint density at radius 2 is 1.69 bits per heavy atom. The first-order chi connectivity index (χ1) is 17.0. The maximum Gasteiger partial charge on any atom is 0.293 e. The van der Waals surface area contributed by atoms with Gasteiger partial charge in [-0.1, -0.05) is 60.2 Å². The molecule has 0 atom stereocenters. The summed E-state index contributed by atoms with van der Waals surface area (Å²) in [6, 6.07) is 24.6. The first kappa shape index (κ1) is 24.3. The molecule has 6 nitrogen and oxygen atoms in total. The lowest BCUT2D eigenvalue weighted by molar-refractivity contribution is -0.122. The van der Waals surface area contributed by atoms with Crippen molar-refractivity contribution in [2.75, 3.05) is 18.5 Å². The third kappa shape index (κ3) is 6.83. The summed E-state index contributed by atoms with van der Waals surface area (Å²) in [4.78, 5) is 38.9. The highest BCUT2D eigenvalue weighted by Gasteiger charge is 2.34. The lowest BCUT2D eigenvalue weighted by Crippen LogP contribution is -2.29. The molecule has 1 aliphatic rings. The summed E-state index contributed by atoms with van der Waals surface area (Å²) in [5.41, 5.74) is 3.79. The molecule has 0 bridgehead atoms. The van der Waals surface area contributed by atoms with Crippen LogP contribution in [0.1, 0.15) is 23.1 Å². The van der Waals surface area contributed by atoms with E-state index in [1.165, 1.54) is 10.5 Å². The van der Waals surface area contributed by atoms with E-state index < -0.39 is 0 Å². The van der Waals surface area contributed by atoms with Crippen LogP contribution in [-0.4, -0.2) is 35.1 Å². The van der Waals surface area contributed by atoms with Gasteiger partial charge < -0.3 is 10.1 Å². The maximum atomic E-state index is 12.7. The van der Waals surface area contributed by atoms with E-state index in [1.54, 1.807) is 30.3 Å². The van der Waals surface area contributed by atoms with Gasteiger partial charge in [-0.15, -0.1) is 0 Å². The molecule has 7 heteroatoms. The van der Waals surface area contributed by atoms with Gasteiger partial charge in [0.15, 0.2) is 6.61 Å². The summed E-state index contributed by atoms with van der Waals surface area (Å²) < 4.78 is 5.56. The number of ether oxygens (including phenoxy) is 1. The molecule has 0 unspecified atom stereocenters. The van der Waals surface area contributed by atoms with Gasteiger partial charge in [-0.25, -0.2) is 0 Å². The van der Waals surface area contributed by atoms with Crippen LogP contribution < -0.4 is 10.1 Å². The lowest BCUT2D eigenvalue weighted by Gasteiger charge is -2.12. The number of thioether (sulfide) groups is 1. The Labute approximate surface area is 209 Å². The van der Waals surface area contributed by atoms with Crippen LogP contribution in [0.15, 0.2) is 83.8 Å². The van der Waals surface area contributed by atoms with Crippen LogP contribution >= 0.6 is 11.8 Å². The Kier molecular flexibility index (Phi) is 8.00. The predicted molar refractivity (Wildman–Crippen MR) is 139 cm³/mol. The Balaban J connectivity index is 1.27. The molecule has 1 N–H and O–H groups in total. The fourth-order valence-corrected chi connectivity index (χ4v) is 4.44. The Morgan fingerprint density at radius 3 is 2.40 bits per heavy atom. The van der Waals surface area contributed by atoms with Gasteiger partial charge in [0.2, 0.25) is 0 Å². The molecule has 3 aromatic rings. The summed E-state index contributed by atoms with van der Waals surface area (Å²) >= 11 is 0.957. The van der Waals surface area contributed by atoms with Crippen molar-refractivity contribution in [2.45, 2.75) is 19.8 Å². The highest BCUT2D eigenvalue weighted by atomic mass is 32.2. The molecule has 0 radical (unpaired) electrons. The van der Waals surface area contributed by atoms with Gasteiger partial charge in [-0.05, 0) is 73.0 Å². The third-order valence-electron chi connectivity index (χ3n) is 5.45. The Bertz CT molecular complexity index is 1220. The van der Waals surface area contributed by atoms with Crippen molar-refractivity contribution in [3.8, 4) is 5.75 Å². The first-order valence-electron chi connectivity index (χ1n) is 11.4. The van der Waals surface area contributed by atoms with E-state index >= 15 is 0 Å². The number of amides is 3. The van der Waals surface area contributed by atoms with E-state index in [0.29, 0.717) is 22.9 Å². The van der Waals surface area contributed by atoms with Crippen molar-refractivity contribution in [3.63, 3.8) is 0 Å². The number of imide groups is 1. The summed E-state index contributed by atoms with van der Waals surface area (Å²) in [7, 11) is 0. The van der Waals surface area contributed by atoms with Gasteiger partial charge in [0.1, 0.15) is 5.75 Å². The second-order valence-corrected chi connectivity index (χ2v) is 9.19. The standard InChI is InChI=1S/C28H26N2O4S/c1-20-9-13-23(14-10-20)29-26(31)19-34-24-15-11-22(12-16-24)18-25-27(32)30(28(33)35-25)17-5-8-21-6-3-2-4-7-21/h2-4,6-7,9-16,18H,5,8,17,19H2,1H3,(H,29,31)/b25-18+. The molecule has 1 aliphatic heterocycles. The molecule has 3 aromatic carbocycles. The van der Waals surface area contributed by atoms with Crippen LogP contribution in [0.4, 0.5) is 10.5 Å². The Morgan fingerprint density at radius 1 is 0.971 bits per heavy atom. The van der Waals surface area contributed by atoms with Gasteiger partial charge in [-0.2, -0.15) is 0 Å². The molecule has 3 amide bonds. The molecule has 1 saturated heterocycles. The quantitative estimate of drug-likeness (QED) is 0.394. The lowest BCUT2D eigenvalue weighted by atomic mass is 10.1. The largest absolute Gasteiger partial charge is 0.484 e. The van der Waals surface area contributed by atoms with E-state index in [4.69, 9.17) is 4.74 Å². The van der Waals surface area contributed by atoms with Gasteiger partial charge in [0.25, 0.3) is 17.1 Å². The Hall–Kier alpha value is -3.84. The zero-order chi connectivity index (χ0) is 24.6. The van der Waals surface area contributed by atoms with Crippen molar-refractivity contribution >= 4 is 40.6 Å². The van der Waals surface area contributed by atoms with Crippen LogP contribution in [0.3, 0.4) is 0 Å². The van der Waals surface area contributed by atoms with E-state index in [2.05, 4.69) is 5.32 Å². The number of nitrogens with one attached hydrogen (secondary N) is 1. The van der Waals surface area contributed by atoms with E-state index in [0.717, 1.165) is 35.7 Å². The number of carbonyl (C=O) groups is 3. The molecular formula is C28H26N2O4S. The zero-order valence-electron chi connectivity index (χ0n) is 19.4. The van der Waals surface area contributed by atoms with E-state index in [9.17, 15) is 14.4 Å². The molecule has 4 rings (SSSR count). The minimum atomic E-state index is -0.263. The number of rotatable bonds is 9. The SMILES string of the molecule is Cc1ccc(NC(=O)COc2ccc(/C=C3/SC(=O)N(CCCc4ccccc4)C3=O)cc2)cc1. The van der Waals surface area contributed by atoms with Gasteiger partial charge >= 0.3 is 0 Å². The summed E-state index contributed by atoms with van der Waals surface area (Å²) in [6.45, 7) is 2.26. The van der Waals surface area contributed by atoms with Gasteiger partial charge in [0, 0.05) is 12.2 Å². The fourth-order valence-electron chi connectivity index (χ4n) is 3.57. The second kappa shape index (κ2) is 11.5. The maximum absolute atomic E-state index is 12.7. The fraction of sp³-hybridized carbons (Fsp3) is 0.179. The minimum absolute atomic E-state index is 0.116. The summed E-state index contributed by atoms with van der Waals surface area (Å²) in [6.07, 6.45) is 3.24. The molecule has 35 heavy (non-hydrogen) atoms. The van der Waals surface area contributed by atoms with Crippen molar-refractivity contribution in [1.29, 1.82) is 0 Å². The normalized spacial score (nSPS) is 14.4. The van der Waals surface area contributed by atoms with Crippen LogP contribution in [0.2, 0.25) is 0 Å². The number of anilines is 1. The number of aryl methyl sites for hydroxylation is 2. The number of hydrogen-bond donors (Lipinski definition) is 1. The molecule has 0 saturated carbocycles. The average molecular weight is 487 g/mol. The van der Waals surface area contributed by atoms with E-state index in [-0.39, 0.29) is 23.7 Å². The van der Waals surface area contributed by atoms with Gasteiger partial charge in [-0.3, -0.25) is 19.3 Å². The summed E-state index contributed by atoms with van der Waals surface area (Å²) in [5.74, 6) is 0.0234. The highest BCUT2D eigenvalue weighted by Crippen LogP contribution is 2.32. The van der Waals surface area contributed by atoms with Crippen LogP contribution in [0, 0.1) is 6.92 Å². The van der Waals surface area contributed by atoms with Crippen LogP contribution in [0.25, 0.3) is 6.08 Å². The predicted octanol–water partition coefficient (Wildman–Crippen LogP) is 5.68. The molecule has 0 aromatic heterocycles. The van der Waals surface area contributed by atoms with Gasteiger partial charge in [0.05, 0.1) is 4.91 Å². The molecule has 0 spiro atoms. The monoisotopic (exact) mass is 486 g/mol. The minimum Gasteiger partial charge on any atom is -0.484 e. The van der Waals surface area contributed by atoms with Crippen molar-refractivity contribution in [2.24, 2.45) is 0 Å². The molecule has 1 fully saturated rings. The van der Waals surface area contributed by atoms with E-state index in [1.807, 2.05) is 61.5 Å². The van der Waals surface area contributed by atoms with Crippen molar-refractivity contribution in [1.82, 2.24) is 4.90 Å². The second-order valence-electron chi connectivity index (χ2n) is 8.19. The van der Waals surface area contributed by atoms with Crippen LogP contribution in [-0.2, 0) is 16.0 Å². The number of benzene rings is 3. The third-order valence-corrected chi connectivity index (χ3v) is 6.35. The summed E-state index contributed by atoms with van der Waals surface area (Å²) in [5, 5.41) is 2.54. The van der Waals surface area contributed by atoms with Crippen molar-refractivity contribution < 1.29 is 19.1 Å². The number of carbonyl (C=O) groups excluding carboxylic acids is 3. The van der Waals surface area contributed by atoms with Crippen LogP contribution in [0.5, 0.6) is 5.75 Å².